The van der Waals surface area contributed by atoms with Gasteiger partial charge in [-0.05, 0) is 43.7 Å². The van der Waals surface area contributed by atoms with Gasteiger partial charge in [0.2, 0.25) is 0 Å². The first-order valence-electron chi connectivity index (χ1n) is 9.07. The molecule has 0 saturated heterocycles. The summed E-state index contributed by atoms with van der Waals surface area (Å²) in [6.07, 6.45) is 0.266. The number of rotatable bonds is 4. The molecule has 2 aromatic carbocycles. The van der Waals surface area contributed by atoms with E-state index in [4.69, 9.17) is 4.74 Å². The average molecular weight is 417 g/mol. The Labute approximate surface area is 170 Å². The molecule has 30 heavy (non-hydrogen) atoms. The van der Waals surface area contributed by atoms with E-state index in [1.807, 2.05) is 18.3 Å². The second-order valence-corrected chi connectivity index (χ2v) is 7.53. The Morgan fingerprint density at radius 1 is 1.07 bits per heavy atom. The average Bonchev–Trinajstić information content (AvgIpc) is 2.99. The molecular weight excluding hydrogens is 399 g/mol. The molecule has 0 amide bonds. The molecule has 6 nitrogen and oxygen atoms in total. The van der Waals surface area contributed by atoms with Gasteiger partial charge in [-0.3, -0.25) is 9.67 Å². The van der Waals surface area contributed by atoms with Crippen molar-refractivity contribution < 1.29 is 27.8 Å². The number of halogens is 3. The van der Waals surface area contributed by atoms with E-state index in [9.17, 15) is 18.3 Å². The van der Waals surface area contributed by atoms with E-state index in [0.29, 0.717) is 23.6 Å². The summed E-state index contributed by atoms with van der Waals surface area (Å²) in [6.45, 7) is 3.75. The molecule has 0 radical (unpaired) electrons. The van der Waals surface area contributed by atoms with E-state index in [0.717, 1.165) is 11.1 Å². The van der Waals surface area contributed by atoms with Crippen molar-refractivity contribution >= 4 is 11.9 Å². The lowest BCUT2D eigenvalue weighted by Crippen LogP contribution is -2.26. The number of aliphatic imine (C=N–C) groups is 1. The van der Waals surface area contributed by atoms with Crippen LogP contribution < -0.4 is 9.47 Å². The van der Waals surface area contributed by atoms with E-state index in [-0.39, 0.29) is 11.4 Å². The highest BCUT2D eigenvalue weighted by Crippen LogP contribution is 2.40. The number of aliphatic hydroxyl groups is 1. The van der Waals surface area contributed by atoms with Crippen molar-refractivity contribution in [3.63, 3.8) is 0 Å². The maximum Gasteiger partial charge on any atom is 0.573 e. The number of fused-ring (bicyclic) bond motifs is 2. The molecule has 0 unspecified atom stereocenters. The first kappa shape index (κ1) is 20.0. The highest BCUT2D eigenvalue weighted by molar-refractivity contribution is 5.90. The molecule has 4 rings (SSSR count). The van der Waals surface area contributed by atoms with Crippen LogP contribution in [0.4, 0.5) is 18.9 Å². The molecule has 156 valence electrons. The summed E-state index contributed by atoms with van der Waals surface area (Å²) < 4.78 is 48.8. The predicted molar refractivity (Wildman–Crippen MR) is 104 cm³/mol. The topological polar surface area (TPSA) is 68.9 Å². The quantitative estimate of drug-likeness (QED) is 0.503. The minimum Gasteiger partial charge on any atom is -0.454 e. The van der Waals surface area contributed by atoms with Gasteiger partial charge in [0.1, 0.15) is 17.2 Å². The van der Waals surface area contributed by atoms with Crippen molar-refractivity contribution in [1.29, 1.82) is 0 Å². The molecule has 1 aliphatic rings. The Morgan fingerprint density at radius 2 is 1.83 bits per heavy atom. The van der Waals surface area contributed by atoms with E-state index >= 15 is 0 Å². The van der Waals surface area contributed by atoms with Crippen LogP contribution in [0.2, 0.25) is 0 Å². The third kappa shape index (κ3) is 4.62. The predicted octanol–water partition coefficient (Wildman–Crippen LogP) is 5.08. The Hall–Kier alpha value is -3.33. The molecule has 3 aromatic rings. The van der Waals surface area contributed by atoms with Crippen molar-refractivity contribution in [3.8, 4) is 28.4 Å². The van der Waals surface area contributed by atoms with Crippen LogP contribution >= 0.6 is 0 Å². The van der Waals surface area contributed by atoms with Crippen molar-refractivity contribution in [2.75, 3.05) is 0 Å². The number of hydrogen-bond donors (Lipinski definition) is 1. The zero-order chi connectivity index (χ0) is 21.5. The molecule has 0 saturated carbocycles. The fraction of sp³-hybridized carbons (Fsp3) is 0.238. The molecular formula is C21H18F3N3O3. The minimum atomic E-state index is -4.78. The molecule has 0 bridgehead atoms. The summed E-state index contributed by atoms with van der Waals surface area (Å²) in [7, 11) is 0. The van der Waals surface area contributed by atoms with E-state index in [2.05, 4.69) is 14.8 Å². The molecule has 1 aromatic heterocycles. The standard InChI is InChI=1S/C21H18F3N3O3/c1-20(2,28)12-27-11-15(10-26-27)13-3-5-18-14(7-13)9-25-17-8-16(30-21(22,23)24)4-6-19(17)29-18/h3-11,28H,12H2,1-2H3. The van der Waals surface area contributed by atoms with Gasteiger partial charge < -0.3 is 14.6 Å². The number of ether oxygens (including phenoxy) is 2. The van der Waals surface area contributed by atoms with Crippen molar-refractivity contribution in [2.24, 2.45) is 4.99 Å². The monoisotopic (exact) mass is 417 g/mol. The zero-order valence-electron chi connectivity index (χ0n) is 16.1. The lowest BCUT2D eigenvalue weighted by molar-refractivity contribution is -0.274. The number of alkyl halides is 3. The van der Waals surface area contributed by atoms with Gasteiger partial charge in [-0.25, -0.2) is 0 Å². The summed E-state index contributed by atoms with van der Waals surface area (Å²) in [5.41, 5.74) is 1.71. The summed E-state index contributed by atoms with van der Waals surface area (Å²) in [5.74, 6) is 0.479. The van der Waals surface area contributed by atoms with Gasteiger partial charge in [0, 0.05) is 29.6 Å². The van der Waals surface area contributed by atoms with Crippen LogP contribution in [0.1, 0.15) is 19.4 Å². The molecule has 0 atom stereocenters. The summed E-state index contributed by atoms with van der Waals surface area (Å²) in [6, 6.07) is 9.20. The van der Waals surface area contributed by atoms with E-state index in [1.165, 1.54) is 24.4 Å². The van der Waals surface area contributed by atoms with Gasteiger partial charge in [-0.15, -0.1) is 13.2 Å². The van der Waals surface area contributed by atoms with Crippen LogP contribution in [-0.4, -0.2) is 33.1 Å². The second-order valence-electron chi connectivity index (χ2n) is 7.53. The molecule has 1 aliphatic heterocycles. The zero-order valence-corrected chi connectivity index (χ0v) is 16.1. The Bertz CT molecular complexity index is 1110. The fourth-order valence-electron chi connectivity index (χ4n) is 3.06. The van der Waals surface area contributed by atoms with Crippen LogP contribution in [0.5, 0.6) is 17.2 Å². The summed E-state index contributed by atoms with van der Waals surface area (Å²) >= 11 is 0. The first-order valence-corrected chi connectivity index (χ1v) is 9.07. The van der Waals surface area contributed by atoms with E-state index in [1.54, 1.807) is 30.8 Å². The number of nitrogens with zero attached hydrogens (tertiary/aromatic N) is 3. The SMILES string of the molecule is CC(C)(O)Cn1cc(-c2ccc3c(c2)C=Nc2cc(OC(F)(F)F)ccc2O3)cn1. The molecule has 9 heteroatoms. The van der Waals surface area contributed by atoms with Crippen LogP contribution in [-0.2, 0) is 6.54 Å². The van der Waals surface area contributed by atoms with Gasteiger partial charge in [-0.2, -0.15) is 5.10 Å². The molecule has 0 spiro atoms. The molecule has 2 heterocycles. The lowest BCUT2D eigenvalue weighted by Gasteiger charge is -2.16. The van der Waals surface area contributed by atoms with Gasteiger partial charge >= 0.3 is 6.36 Å². The smallest absolute Gasteiger partial charge is 0.454 e. The van der Waals surface area contributed by atoms with Crippen molar-refractivity contribution in [2.45, 2.75) is 32.4 Å². The highest BCUT2D eigenvalue weighted by atomic mass is 19.4. The third-order valence-electron chi connectivity index (χ3n) is 4.25. The normalized spacial score (nSPS) is 13.3. The van der Waals surface area contributed by atoms with Gasteiger partial charge in [0.15, 0.2) is 5.75 Å². The highest BCUT2D eigenvalue weighted by Gasteiger charge is 2.31. The minimum absolute atomic E-state index is 0.229. The van der Waals surface area contributed by atoms with Crippen LogP contribution in [0.15, 0.2) is 53.8 Å². The Balaban J connectivity index is 1.61. The second kappa shape index (κ2) is 7.17. The van der Waals surface area contributed by atoms with E-state index < -0.39 is 12.0 Å². The van der Waals surface area contributed by atoms with Gasteiger partial charge in [0.25, 0.3) is 0 Å². The maximum absolute atomic E-state index is 12.5. The molecule has 0 fully saturated rings. The summed E-state index contributed by atoms with van der Waals surface area (Å²) in [5, 5.41) is 14.2. The summed E-state index contributed by atoms with van der Waals surface area (Å²) in [4.78, 5) is 4.26. The maximum atomic E-state index is 12.5. The third-order valence-corrected chi connectivity index (χ3v) is 4.25. The Morgan fingerprint density at radius 3 is 2.57 bits per heavy atom. The Kier molecular flexibility index (Phi) is 4.77. The number of aromatic nitrogens is 2. The number of benzene rings is 2. The first-order chi connectivity index (χ1) is 14.1. The van der Waals surface area contributed by atoms with Gasteiger partial charge in [0.05, 0.1) is 18.3 Å². The van der Waals surface area contributed by atoms with Crippen LogP contribution in [0, 0.1) is 0 Å². The largest absolute Gasteiger partial charge is 0.573 e. The van der Waals surface area contributed by atoms with Crippen LogP contribution in [0.3, 0.4) is 0 Å². The molecule has 0 aliphatic carbocycles. The van der Waals surface area contributed by atoms with Crippen molar-refractivity contribution in [3.05, 3.63) is 54.4 Å². The molecule has 1 N–H and O–H groups in total. The fourth-order valence-corrected chi connectivity index (χ4v) is 3.06. The lowest BCUT2D eigenvalue weighted by atomic mass is 10.1. The van der Waals surface area contributed by atoms with Gasteiger partial charge in [-0.1, -0.05) is 6.07 Å². The van der Waals surface area contributed by atoms with Crippen molar-refractivity contribution in [1.82, 2.24) is 9.78 Å². The van der Waals surface area contributed by atoms with Crippen LogP contribution in [0.25, 0.3) is 11.1 Å². The number of hydrogen-bond acceptors (Lipinski definition) is 5.